The van der Waals surface area contributed by atoms with Crippen LogP contribution in [0.25, 0.3) is 27.1 Å². The molecule has 0 aromatic heterocycles. The van der Waals surface area contributed by atoms with Crippen LogP contribution in [-0.4, -0.2) is 6.88 Å². The average molecular weight is 592 g/mol. The molecule has 0 unspecified atom stereocenters. The van der Waals surface area contributed by atoms with E-state index in [1.54, 1.807) is 13.8 Å². The molecule has 0 aliphatic heterocycles. The van der Waals surface area contributed by atoms with Crippen LogP contribution in [0, 0.1) is 13.8 Å². The SMILES string of the molecule is CC(C)(C)c1ccc2c(c1)[cH-]c1c(C3=CC=CC3)c(C(C)(C)C)ccc12.Cl.Cl.[CH2-]C.[CH2-]C.[Si]=[Zr]. The maximum absolute atomic E-state index is 3.25. The number of halogens is 2. The molecule has 0 amide bonds. The molecule has 0 heterocycles. The Balaban J connectivity index is 0. The molecule has 2 radical (unpaired) electrons. The predicted octanol–water partition coefficient (Wildman–Crippen LogP) is 9.79. The van der Waals surface area contributed by atoms with Gasteiger partial charge in [-0.3, -0.25) is 0 Å². The molecule has 186 valence electrons. The van der Waals surface area contributed by atoms with Gasteiger partial charge in [0.25, 0.3) is 0 Å². The molecule has 0 spiro atoms. The fourth-order valence-electron chi connectivity index (χ4n) is 4.16. The van der Waals surface area contributed by atoms with Gasteiger partial charge < -0.3 is 13.8 Å². The summed E-state index contributed by atoms with van der Waals surface area (Å²) < 4.78 is 0. The number of hydrogen-bond donors (Lipinski definition) is 0. The summed E-state index contributed by atoms with van der Waals surface area (Å²) in [5.41, 5.74) is 6.06. The topological polar surface area (TPSA) is 0 Å². The van der Waals surface area contributed by atoms with E-state index >= 15 is 0 Å². The Hall–Kier alpha value is -0.530. The molecule has 0 N–H and O–H groups in total. The van der Waals surface area contributed by atoms with Crippen LogP contribution in [0.1, 0.15) is 78.5 Å². The van der Waals surface area contributed by atoms with Crippen molar-refractivity contribution in [2.75, 3.05) is 0 Å². The van der Waals surface area contributed by atoms with Crippen LogP contribution in [0.5, 0.6) is 0 Å². The summed E-state index contributed by atoms with van der Waals surface area (Å²) in [6.45, 7) is 26.9. The van der Waals surface area contributed by atoms with Gasteiger partial charge in [-0.25, -0.2) is 0 Å². The number of rotatable bonds is 1. The Kier molecular flexibility index (Phi) is 16.3. The normalized spacial score (nSPS) is 12.1. The van der Waals surface area contributed by atoms with Crippen molar-refractivity contribution in [2.45, 2.75) is 72.6 Å². The predicted molar refractivity (Wildman–Crippen MR) is 158 cm³/mol. The standard InChI is InChI=1S/C26H29.2C2H5.2ClH.Si.Zr/c1-25(2,3)19-11-12-20-18(15-19)16-22-21(20)13-14-23(26(4,5)6)24(22)17-9-7-8-10-17;2*1-2;;;;/h7-9,11-16H,10H2,1-6H3;2*1H2,2H3;2*1H;;/q3*-1;;;;. The molecule has 1 aliphatic rings. The van der Waals surface area contributed by atoms with E-state index in [1.165, 1.54) is 67.1 Å². The Labute approximate surface area is 238 Å². The van der Waals surface area contributed by atoms with Crippen molar-refractivity contribution in [1.29, 1.82) is 0 Å². The van der Waals surface area contributed by atoms with Crippen LogP contribution < -0.4 is 0 Å². The second kappa shape index (κ2) is 15.6. The van der Waals surface area contributed by atoms with Gasteiger partial charge in [0.05, 0.1) is 0 Å². The van der Waals surface area contributed by atoms with Gasteiger partial charge in [0, 0.05) is 0 Å². The number of benzene rings is 2. The molecule has 0 atom stereocenters. The molecule has 34 heavy (non-hydrogen) atoms. The van der Waals surface area contributed by atoms with Crippen molar-refractivity contribution in [2.24, 2.45) is 0 Å². The molecule has 0 saturated heterocycles. The Bertz CT molecular complexity index is 1090. The Morgan fingerprint density at radius 1 is 0.824 bits per heavy atom. The van der Waals surface area contributed by atoms with Gasteiger partial charge in [-0.05, 0) is 17.3 Å². The van der Waals surface area contributed by atoms with Gasteiger partial charge >= 0.3 is 30.2 Å². The summed E-state index contributed by atoms with van der Waals surface area (Å²) in [6, 6.07) is 14.1. The Morgan fingerprint density at radius 2 is 1.38 bits per heavy atom. The molecule has 0 saturated carbocycles. The van der Waals surface area contributed by atoms with E-state index in [0.717, 1.165) is 6.42 Å². The molecular weight excluding hydrogens is 551 g/mol. The van der Waals surface area contributed by atoms with E-state index in [-0.39, 0.29) is 35.6 Å². The zero-order valence-corrected chi connectivity index (χ0v) is 27.2. The van der Waals surface area contributed by atoms with Crippen molar-refractivity contribution in [1.82, 2.24) is 0 Å². The first kappa shape index (κ1) is 35.6. The van der Waals surface area contributed by atoms with Crippen molar-refractivity contribution >= 4 is 58.8 Å². The van der Waals surface area contributed by atoms with Gasteiger partial charge in [0.1, 0.15) is 0 Å². The van der Waals surface area contributed by atoms with E-state index in [9.17, 15) is 0 Å². The summed E-state index contributed by atoms with van der Waals surface area (Å²) in [7, 11) is 0. The van der Waals surface area contributed by atoms with Crippen LogP contribution in [-0.2, 0) is 34.2 Å². The second-order valence-electron chi connectivity index (χ2n) is 9.72. The van der Waals surface area contributed by atoms with E-state index in [4.69, 9.17) is 0 Å². The molecule has 3 aromatic carbocycles. The third-order valence-electron chi connectivity index (χ3n) is 5.65. The molecule has 0 nitrogen and oxygen atoms in total. The van der Waals surface area contributed by atoms with Crippen LogP contribution in [0.4, 0.5) is 0 Å². The van der Waals surface area contributed by atoms with Gasteiger partial charge in [-0.1, -0.05) is 106 Å². The van der Waals surface area contributed by atoms with Crippen LogP contribution >= 0.6 is 24.8 Å². The average Bonchev–Trinajstić information content (AvgIpc) is 3.43. The number of fused-ring (bicyclic) bond motifs is 3. The van der Waals surface area contributed by atoms with E-state index in [1.807, 2.05) is 0 Å². The first-order valence-corrected chi connectivity index (χ1v) is 15.5. The van der Waals surface area contributed by atoms with Crippen molar-refractivity contribution in [3.63, 3.8) is 0 Å². The van der Waals surface area contributed by atoms with Crippen LogP contribution in [0.3, 0.4) is 0 Å². The maximum atomic E-state index is 3.25. The molecule has 0 bridgehead atoms. The second-order valence-corrected chi connectivity index (χ2v) is 9.72. The van der Waals surface area contributed by atoms with Crippen molar-refractivity contribution in [3.05, 3.63) is 85.2 Å². The quantitative estimate of drug-likeness (QED) is 0.195. The summed E-state index contributed by atoms with van der Waals surface area (Å²) in [5.74, 6) is 0. The first-order chi connectivity index (χ1) is 15.2. The van der Waals surface area contributed by atoms with Gasteiger partial charge in [-0.15, -0.1) is 58.5 Å². The summed E-state index contributed by atoms with van der Waals surface area (Å²) in [6.07, 6.45) is 7.79. The first-order valence-electron chi connectivity index (χ1n) is 11.4. The van der Waals surface area contributed by atoms with Crippen LogP contribution in [0.2, 0.25) is 0 Å². The molecule has 3 aromatic rings. The van der Waals surface area contributed by atoms with Crippen molar-refractivity contribution < 1.29 is 23.3 Å². The minimum atomic E-state index is 0. The fourth-order valence-corrected chi connectivity index (χ4v) is 4.16. The van der Waals surface area contributed by atoms with E-state index in [2.05, 4.69) is 117 Å². The van der Waals surface area contributed by atoms with Gasteiger partial charge in [0.15, 0.2) is 0 Å². The van der Waals surface area contributed by atoms with Crippen LogP contribution in [0.15, 0.2) is 54.6 Å². The monoisotopic (exact) mass is 589 g/mol. The zero-order chi connectivity index (χ0) is 24.7. The Morgan fingerprint density at radius 3 is 1.85 bits per heavy atom. The molecule has 1 aliphatic carbocycles. The summed E-state index contributed by atoms with van der Waals surface area (Å²) in [4.78, 5) is 0. The third-order valence-corrected chi connectivity index (χ3v) is 5.65. The third kappa shape index (κ3) is 7.99. The van der Waals surface area contributed by atoms with Gasteiger partial charge in [-0.2, -0.15) is 13.8 Å². The van der Waals surface area contributed by atoms with Crippen molar-refractivity contribution in [3.8, 4) is 0 Å². The fraction of sp³-hybridized carbons (Fsp3) is 0.367. The minimum absolute atomic E-state index is 0. The van der Waals surface area contributed by atoms with Gasteiger partial charge in [0.2, 0.25) is 0 Å². The summed E-state index contributed by atoms with van der Waals surface area (Å²) >= 11 is 1.36. The zero-order valence-electron chi connectivity index (χ0n) is 22.1. The molecule has 4 rings (SSSR count). The number of hydrogen-bond acceptors (Lipinski definition) is 0. The van der Waals surface area contributed by atoms with E-state index in [0.29, 0.717) is 0 Å². The molecule has 4 heteroatoms. The molecule has 0 fully saturated rings. The number of allylic oxidation sites excluding steroid dienone is 4. The van der Waals surface area contributed by atoms with E-state index < -0.39 is 0 Å². The molecular formula is C30H41Cl2SiZr-3. The summed E-state index contributed by atoms with van der Waals surface area (Å²) in [5, 5.41) is 5.54.